The van der Waals surface area contributed by atoms with E-state index in [0.717, 1.165) is 19.3 Å². The molecule has 0 saturated heterocycles. The number of rotatable bonds is 12. The van der Waals surface area contributed by atoms with E-state index in [-0.39, 0.29) is 13.1 Å². The van der Waals surface area contributed by atoms with Crippen molar-refractivity contribution in [2.45, 2.75) is 32.7 Å². The molecule has 0 aliphatic carbocycles. The molecule has 0 saturated carbocycles. The summed E-state index contributed by atoms with van der Waals surface area (Å²) in [4.78, 5) is 49.5. The molecule has 9 nitrogen and oxygen atoms in total. The zero-order valence-electron chi connectivity index (χ0n) is 16.8. The first-order chi connectivity index (χ1) is 14.5. The van der Waals surface area contributed by atoms with Crippen molar-refractivity contribution in [3.8, 4) is 0 Å². The normalized spacial score (nSPS) is 10.5. The molecule has 0 aliphatic heterocycles. The van der Waals surface area contributed by atoms with Crippen LogP contribution in [0.2, 0.25) is 0 Å². The van der Waals surface area contributed by atoms with Crippen LogP contribution in [0.1, 0.15) is 12.0 Å². The van der Waals surface area contributed by atoms with Crippen LogP contribution in [0.15, 0.2) is 70.0 Å². The maximum Gasteiger partial charge on any atom is 0.337 e. The summed E-state index contributed by atoms with van der Waals surface area (Å²) >= 11 is 0. The molecular weight excluding hydrogens is 388 g/mol. The number of benzene rings is 1. The fraction of sp³-hybridized carbons (Fsp3) is 0.333. The highest BCUT2D eigenvalue weighted by Gasteiger charge is 2.16. The van der Waals surface area contributed by atoms with E-state index in [1.165, 1.54) is 12.2 Å². The Morgan fingerprint density at radius 1 is 0.933 bits per heavy atom. The van der Waals surface area contributed by atoms with Crippen LogP contribution >= 0.6 is 0 Å². The fourth-order valence-corrected chi connectivity index (χ4v) is 2.75. The Labute approximate surface area is 173 Å². The first kappa shape index (κ1) is 22.8. The van der Waals surface area contributed by atoms with Crippen LogP contribution in [-0.4, -0.2) is 32.8 Å². The van der Waals surface area contributed by atoms with Gasteiger partial charge in [-0.3, -0.25) is 4.79 Å². The van der Waals surface area contributed by atoms with Crippen LogP contribution in [0.5, 0.6) is 0 Å². The molecule has 30 heavy (non-hydrogen) atoms. The largest absolute Gasteiger partial charge is 0.377 e. The summed E-state index contributed by atoms with van der Waals surface area (Å²) < 4.78 is 7.97. The van der Waals surface area contributed by atoms with Gasteiger partial charge in [-0.1, -0.05) is 42.5 Å². The minimum absolute atomic E-state index is 0.0739. The van der Waals surface area contributed by atoms with Crippen molar-refractivity contribution >= 4 is 5.91 Å². The van der Waals surface area contributed by atoms with Gasteiger partial charge in [-0.05, 0) is 12.0 Å². The Morgan fingerprint density at radius 2 is 1.50 bits per heavy atom. The standard InChI is InChI=1S/C21H26N4O5/c1-3-12-23-19(27)24(13-4-2)21(29)25(20(23)28)15-18(26)22-11-8-14-30-16-17-9-6-5-7-10-17/h3-7,9-10H,1-2,8,11-16H2,(H,22,26). The topological polar surface area (TPSA) is 104 Å². The first-order valence-electron chi connectivity index (χ1n) is 9.54. The third-order valence-electron chi connectivity index (χ3n) is 4.21. The van der Waals surface area contributed by atoms with Crippen LogP contribution in [0, 0.1) is 0 Å². The van der Waals surface area contributed by atoms with Gasteiger partial charge < -0.3 is 10.1 Å². The van der Waals surface area contributed by atoms with E-state index in [0.29, 0.717) is 26.2 Å². The first-order valence-corrected chi connectivity index (χ1v) is 9.54. The SMILES string of the molecule is C=CCn1c(=O)n(CC=C)c(=O)n(CC(=O)NCCCOCc2ccccc2)c1=O. The highest BCUT2D eigenvalue weighted by atomic mass is 16.5. The molecule has 2 rings (SSSR count). The number of ether oxygens (including phenoxy) is 1. The van der Waals surface area contributed by atoms with Crippen molar-refractivity contribution in [3.05, 3.63) is 92.7 Å². The van der Waals surface area contributed by atoms with Crippen LogP contribution < -0.4 is 22.4 Å². The van der Waals surface area contributed by atoms with Gasteiger partial charge in [0.25, 0.3) is 0 Å². The fourth-order valence-electron chi connectivity index (χ4n) is 2.75. The Balaban J connectivity index is 1.94. The molecule has 0 fully saturated rings. The van der Waals surface area contributed by atoms with Crippen LogP contribution in [-0.2, 0) is 35.8 Å². The molecule has 0 aliphatic rings. The van der Waals surface area contributed by atoms with Gasteiger partial charge >= 0.3 is 17.1 Å². The van der Waals surface area contributed by atoms with Gasteiger partial charge in [0.2, 0.25) is 5.91 Å². The lowest BCUT2D eigenvalue weighted by Gasteiger charge is -2.12. The number of carbonyl (C=O) groups is 1. The molecule has 0 spiro atoms. The predicted octanol–water partition coefficient (Wildman–Crippen LogP) is 0.267. The molecule has 1 N–H and O–H groups in total. The highest BCUT2D eigenvalue weighted by molar-refractivity contribution is 5.75. The van der Waals surface area contributed by atoms with E-state index >= 15 is 0 Å². The zero-order chi connectivity index (χ0) is 21.9. The van der Waals surface area contributed by atoms with E-state index in [1.54, 1.807) is 0 Å². The third-order valence-corrected chi connectivity index (χ3v) is 4.21. The minimum Gasteiger partial charge on any atom is -0.377 e. The average molecular weight is 414 g/mol. The minimum atomic E-state index is -0.855. The number of nitrogens with one attached hydrogen (secondary N) is 1. The lowest BCUT2D eigenvalue weighted by Crippen LogP contribution is -2.55. The Morgan fingerprint density at radius 3 is 2.07 bits per heavy atom. The number of hydrogen-bond acceptors (Lipinski definition) is 5. The van der Waals surface area contributed by atoms with Gasteiger partial charge in [0.15, 0.2) is 0 Å². The maximum atomic E-state index is 12.5. The molecule has 0 atom stereocenters. The summed E-state index contributed by atoms with van der Waals surface area (Å²) in [7, 11) is 0. The summed E-state index contributed by atoms with van der Waals surface area (Å²) in [6.07, 6.45) is 3.31. The monoisotopic (exact) mass is 414 g/mol. The summed E-state index contributed by atoms with van der Waals surface area (Å²) in [6, 6.07) is 9.72. The second-order valence-electron chi connectivity index (χ2n) is 6.47. The van der Waals surface area contributed by atoms with Gasteiger partial charge in [-0.25, -0.2) is 28.1 Å². The maximum absolute atomic E-state index is 12.5. The lowest BCUT2D eigenvalue weighted by atomic mass is 10.2. The summed E-state index contributed by atoms with van der Waals surface area (Å²) in [6.45, 7) is 7.64. The summed E-state index contributed by atoms with van der Waals surface area (Å²) in [5, 5.41) is 2.65. The van der Waals surface area contributed by atoms with Crippen LogP contribution in [0.25, 0.3) is 0 Å². The lowest BCUT2D eigenvalue weighted by molar-refractivity contribution is -0.121. The number of nitrogens with zero attached hydrogens (tertiary/aromatic N) is 3. The van der Waals surface area contributed by atoms with E-state index in [2.05, 4.69) is 18.5 Å². The van der Waals surface area contributed by atoms with Gasteiger partial charge in [-0.15, -0.1) is 13.2 Å². The molecule has 1 amide bonds. The van der Waals surface area contributed by atoms with E-state index in [4.69, 9.17) is 4.74 Å². The quantitative estimate of drug-likeness (QED) is 0.397. The number of carbonyl (C=O) groups excluding carboxylic acids is 1. The number of hydrogen-bond donors (Lipinski definition) is 1. The molecule has 1 heterocycles. The molecule has 0 radical (unpaired) electrons. The summed E-state index contributed by atoms with van der Waals surface area (Å²) in [5.74, 6) is -0.508. The van der Waals surface area contributed by atoms with Crippen molar-refractivity contribution in [3.63, 3.8) is 0 Å². The predicted molar refractivity (Wildman–Crippen MR) is 113 cm³/mol. The summed E-state index contributed by atoms with van der Waals surface area (Å²) in [5.41, 5.74) is -1.42. The van der Waals surface area contributed by atoms with Crippen molar-refractivity contribution in [2.24, 2.45) is 0 Å². The Bertz CT molecular complexity index is 1000. The second kappa shape index (κ2) is 11.5. The molecule has 9 heteroatoms. The number of aromatic nitrogens is 3. The second-order valence-corrected chi connectivity index (χ2v) is 6.47. The van der Waals surface area contributed by atoms with E-state index in [1.807, 2.05) is 30.3 Å². The molecule has 2 aromatic rings. The van der Waals surface area contributed by atoms with Gasteiger partial charge in [-0.2, -0.15) is 0 Å². The van der Waals surface area contributed by atoms with Gasteiger partial charge in [0, 0.05) is 13.2 Å². The van der Waals surface area contributed by atoms with Crippen molar-refractivity contribution in [1.29, 1.82) is 0 Å². The number of amides is 1. The van der Waals surface area contributed by atoms with Crippen LogP contribution in [0.3, 0.4) is 0 Å². The highest BCUT2D eigenvalue weighted by Crippen LogP contribution is 2.00. The average Bonchev–Trinajstić information content (AvgIpc) is 2.75. The number of allylic oxidation sites excluding steroid dienone is 2. The van der Waals surface area contributed by atoms with Crippen molar-refractivity contribution in [1.82, 2.24) is 19.0 Å². The Hall–Kier alpha value is -3.46. The van der Waals surface area contributed by atoms with E-state index in [9.17, 15) is 19.2 Å². The zero-order valence-corrected chi connectivity index (χ0v) is 16.8. The van der Waals surface area contributed by atoms with Gasteiger partial charge in [0.05, 0.1) is 19.7 Å². The van der Waals surface area contributed by atoms with Crippen molar-refractivity contribution < 1.29 is 9.53 Å². The molecular formula is C21H26N4O5. The Kier molecular flexibility index (Phi) is 8.76. The molecule has 0 unspecified atom stereocenters. The van der Waals surface area contributed by atoms with Crippen molar-refractivity contribution in [2.75, 3.05) is 13.2 Å². The molecule has 0 bridgehead atoms. The van der Waals surface area contributed by atoms with E-state index < -0.39 is 29.5 Å². The smallest absolute Gasteiger partial charge is 0.337 e. The van der Waals surface area contributed by atoms with Crippen LogP contribution in [0.4, 0.5) is 0 Å². The molecule has 160 valence electrons. The third kappa shape index (κ3) is 6.02. The molecule has 1 aromatic heterocycles. The molecule has 1 aromatic carbocycles. The van der Waals surface area contributed by atoms with Gasteiger partial charge in [0.1, 0.15) is 6.54 Å².